The molecule has 0 unspecified atom stereocenters. The fourth-order valence-electron chi connectivity index (χ4n) is 1.40. The predicted molar refractivity (Wildman–Crippen MR) is 86.9 cm³/mol. The van der Waals surface area contributed by atoms with Gasteiger partial charge in [-0.05, 0) is 23.6 Å². The normalized spacial score (nSPS) is 10.9. The monoisotopic (exact) mass is 357 g/mol. The van der Waals surface area contributed by atoms with Crippen molar-refractivity contribution in [2.24, 2.45) is 5.92 Å². The van der Waals surface area contributed by atoms with Crippen LogP contribution in [0.3, 0.4) is 0 Å². The van der Waals surface area contributed by atoms with Crippen molar-refractivity contribution in [1.82, 2.24) is 10.2 Å². The van der Waals surface area contributed by atoms with Crippen molar-refractivity contribution in [3.63, 3.8) is 0 Å². The molecule has 0 aliphatic heterocycles. The molecule has 19 heavy (non-hydrogen) atoms. The number of hydrogen-bond acceptors (Lipinski definition) is 5. The summed E-state index contributed by atoms with van der Waals surface area (Å²) in [6, 6.07) is 8.34. The van der Waals surface area contributed by atoms with Crippen LogP contribution >= 0.6 is 39.0 Å². The van der Waals surface area contributed by atoms with E-state index in [9.17, 15) is 0 Å². The van der Waals surface area contributed by atoms with E-state index in [0.717, 1.165) is 26.2 Å². The van der Waals surface area contributed by atoms with Crippen molar-refractivity contribution in [2.75, 3.05) is 11.9 Å². The van der Waals surface area contributed by atoms with Gasteiger partial charge in [0.2, 0.25) is 5.13 Å². The first-order valence-electron chi connectivity index (χ1n) is 6.08. The first kappa shape index (κ1) is 14.8. The van der Waals surface area contributed by atoms with E-state index < -0.39 is 0 Å². The van der Waals surface area contributed by atoms with E-state index >= 15 is 0 Å². The Labute approximate surface area is 130 Å². The molecule has 102 valence electrons. The zero-order valence-electron chi connectivity index (χ0n) is 10.9. The molecule has 0 spiro atoms. The van der Waals surface area contributed by atoms with Gasteiger partial charge in [-0.15, -0.1) is 10.2 Å². The van der Waals surface area contributed by atoms with E-state index in [4.69, 9.17) is 0 Å². The molecule has 2 rings (SSSR count). The van der Waals surface area contributed by atoms with Crippen LogP contribution in [0.5, 0.6) is 0 Å². The van der Waals surface area contributed by atoms with Gasteiger partial charge in [0, 0.05) is 16.8 Å². The molecule has 0 bridgehead atoms. The Morgan fingerprint density at radius 1 is 1.37 bits per heavy atom. The number of aromatic nitrogens is 2. The van der Waals surface area contributed by atoms with Crippen LogP contribution in [0.1, 0.15) is 19.4 Å². The Hall–Kier alpha value is -0.590. The van der Waals surface area contributed by atoms with Gasteiger partial charge in [-0.1, -0.05) is 65.0 Å². The molecule has 0 saturated heterocycles. The topological polar surface area (TPSA) is 37.8 Å². The van der Waals surface area contributed by atoms with E-state index in [1.54, 1.807) is 23.1 Å². The maximum atomic E-state index is 4.19. The molecule has 1 N–H and O–H groups in total. The van der Waals surface area contributed by atoms with Gasteiger partial charge in [-0.2, -0.15) is 0 Å². The quantitative estimate of drug-likeness (QED) is 0.762. The molecule has 1 aromatic heterocycles. The van der Waals surface area contributed by atoms with Crippen molar-refractivity contribution >= 4 is 44.2 Å². The second-order valence-corrected chi connectivity index (χ2v) is 7.68. The lowest BCUT2D eigenvalue weighted by Gasteiger charge is -2.03. The zero-order chi connectivity index (χ0) is 13.7. The number of thioether (sulfide) groups is 1. The van der Waals surface area contributed by atoms with Gasteiger partial charge in [0.1, 0.15) is 0 Å². The van der Waals surface area contributed by atoms with Crippen molar-refractivity contribution in [3.05, 3.63) is 34.3 Å². The SMILES string of the molecule is CC(C)CNc1nnc(SCc2cccc(Br)c2)s1. The average Bonchev–Trinajstić information content (AvgIpc) is 2.82. The molecule has 0 amide bonds. The smallest absolute Gasteiger partial charge is 0.206 e. The van der Waals surface area contributed by atoms with Crippen LogP contribution < -0.4 is 5.32 Å². The van der Waals surface area contributed by atoms with Gasteiger partial charge in [0.15, 0.2) is 4.34 Å². The van der Waals surface area contributed by atoms with Gasteiger partial charge >= 0.3 is 0 Å². The van der Waals surface area contributed by atoms with Crippen LogP contribution in [-0.4, -0.2) is 16.7 Å². The third kappa shape index (κ3) is 5.12. The van der Waals surface area contributed by atoms with Crippen molar-refractivity contribution in [2.45, 2.75) is 23.9 Å². The summed E-state index contributed by atoms with van der Waals surface area (Å²) in [6.07, 6.45) is 0. The minimum Gasteiger partial charge on any atom is -0.360 e. The highest BCUT2D eigenvalue weighted by atomic mass is 79.9. The molecule has 0 fully saturated rings. The van der Waals surface area contributed by atoms with E-state index in [1.807, 2.05) is 6.07 Å². The molecule has 1 aromatic carbocycles. The number of rotatable bonds is 6. The zero-order valence-corrected chi connectivity index (χ0v) is 14.1. The molecular formula is C13H16BrN3S2. The number of nitrogens with zero attached hydrogens (tertiary/aromatic N) is 2. The first-order valence-corrected chi connectivity index (χ1v) is 8.67. The lowest BCUT2D eigenvalue weighted by atomic mass is 10.2. The van der Waals surface area contributed by atoms with Crippen LogP contribution in [0.2, 0.25) is 0 Å². The minimum absolute atomic E-state index is 0.613. The van der Waals surface area contributed by atoms with E-state index in [1.165, 1.54) is 5.56 Å². The number of anilines is 1. The summed E-state index contributed by atoms with van der Waals surface area (Å²) in [6.45, 7) is 5.29. The lowest BCUT2D eigenvalue weighted by molar-refractivity contribution is 0.687. The van der Waals surface area contributed by atoms with Crippen LogP contribution in [0.4, 0.5) is 5.13 Å². The van der Waals surface area contributed by atoms with E-state index in [2.05, 4.69) is 63.5 Å². The number of benzene rings is 1. The molecule has 0 radical (unpaired) electrons. The predicted octanol–water partition coefficient (Wildman–Crippen LogP) is 4.66. The summed E-state index contributed by atoms with van der Waals surface area (Å²) in [4.78, 5) is 0. The van der Waals surface area contributed by atoms with Gasteiger partial charge in [0.25, 0.3) is 0 Å². The minimum atomic E-state index is 0.613. The van der Waals surface area contributed by atoms with Gasteiger partial charge < -0.3 is 5.32 Å². The maximum absolute atomic E-state index is 4.19. The lowest BCUT2D eigenvalue weighted by Crippen LogP contribution is -2.07. The summed E-state index contributed by atoms with van der Waals surface area (Å²) >= 11 is 6.82. The summed E-state index contributed by atoms with van der Waals surface area (Å²) in [7, 11) is 0. The standard InChI is InChI=1S/C13H16BrN3S2/c1-9(2)7-15-12-16-17-13(19-12)18-8-10-4-3-5-11(14)6-10/h3-6,9H,7-8H2,1-2H3,(H,15,16). The molecule has 6 heteroatoms. The summed E-state index contributed by atoms with van der Waals surface area (Å²) in [5.41, 5.74) is 1.28. The Morgan fingerprint density at radius 3 is 2.95 bits per heavy atom. The van der Waals surface area contributed by atoms with Gasteiger partial charge in [-0.25, -0.2) is 0 Å². The first-order chi connectivity index (χ1) is 9.13. The van der Waals surface area contributed by atoms with Crippen molar-refractivity contribution in [3.8, 4) is 0 Å². The highest BCUT2D eigenvalue weighted by molar-refractivity contribution is 9.10. The molecule has 0 aliphatic rings. The van der Waals surface area contributed by atoms with Crippen molar-refractivity contribution < 1.29 is 0 Å². The Balaban J connectivity index is 1.86. The Morgan fingerprint density at radius 2 is 2.21 bits per heavy atom. The fraction of sp³-hybridized carbons (Fsp3) is 0.385. The molecule has 0 saturated carbocycles. The second-order valence-electron chi connectivity index (χ2n) is 4.57. The summed E-state index contributed by atoms with van der Waals surface area (Å²) < 4.78 is 2.12. The van der Waals surface area contributed by atoms with E-state index in [-0.39, 0.29) is 0 Å². The molecule has 1 heterocycles. The summed E-state index contributed by atoms with van der Waals surface area (Å²) in [5.74, 6) is 1.53. The number of hydrogen-bond donors (Lipinski definition) is 1. The Kier molecular flexibility index (Phi) is 5.66. The van der Waals surface area contributed by atoms with Crippen LogP contribution in [0.25, 0.3) is 0 Å². The molecule has 2 aromatic rings. The Bertz CT molecular complexity index is 528. The molecule has 0 aliphatic carbocycles. The van der Waals surface area contributed by atoms with Crippen LogP contribution in [0, 0.1) is 5.92 Å². The summed E-state index contributed by atoms with van der Waals surface area (Å²) in [5, 5.41) is 12.5. The van der Waals surface area contributed by atoms with Crippen molar-refractivity contribution in [1.29, 1.82) is 0 Å². The largest absolute Gasteiger partial charge is 0.360 e. The number of halogens is 1. The fourth-order valence-corrected chi connectivity index (χ4v) is 3.55. The van der Waals surface area contributed by atoms with Gasteiger partial charge in [-0.3, -0.25) is 0 Å². The third-order valence-electron chi connectivity index (χ3n) is 2.32. The molecule has 0 atom stereocenters. The molecule has 3 nitrogen and oxygen atoms in total. The van der Waals surface area contributed by atoms with Crippen LogP contribution in [-0.2, 0) is 5.75 Å². The highest BCUT2D eigenvalue weighted by Crippen LogP contribution is 2.28. The van der Waals surface area contributed by atoms with Gasteiger partial charge in [0.05, 0.1) is 0 Å². The second kappa shape index (κ2) is 7.26. The van der Waals surface area contributed by atoms with E-state index in [0.29, 0.717) is 5.92 Å². The third-order valence-corrected chi connectivity index (χ3v) is 4.90. The van der Waals surface area contributed by atoms with Crippen LogP contribution in [0.15, 0.2) is 33.1 Å². The average molecular weight is 358 g/mol. The highest BCUT2D eigenvalue weighted by Gasteiger charge is 2.05. The maximum Gasteiger partial charge on any atom is 0.206 e. The number of nitrogens with one attached hydrogen (secondary N) is 1. The molecular weight excluding hydrogens is 342 g/mol.